The van der Waals surface area contributed by atoms with E-state index in [0.29, 0.717) is 41.0 Å². The number of allylic oxidation sites excluding steroid dienone is 1. The van der Waals surface area contributed by atoms with Gasteiger partial charge in [-0.15, -0.1) is 0 Å². The van der Waals surface area contributed by atoms with Crippen LogP contribution >= 0.6 is 0 Å². The van der Waals surface area contributed by atoms with Gasteiger partial charge < -0.3 is 24.6 Å². The smallest absolute Gasteiger partial charge is 0.255 e. The maximum absolute atomic E-state index is 13.1. The fraction of sp³-hybridized carbons (Fsp3) is 0.346. The molecule has 3 amide bonds. The maximum Gasteiger partial charge on any atom is 0.255 e. The molecular formula is C26H27N3O5. The molecule has 0 bridgehead atoms. The first kappa shape index (κ1) is 18.7. The Hall–Kier alpha value is -3.65. The van der Waals surface area contributed by atoms with E-state index in [1.54, 1.807) is 35.2 Å². The molecule has 0 aliphatic carbocycles. The highest BCUT2D eigenvalue weighted by atomic mass is 16.5. The third kappa shape index (κ3) is 4.41. The molecule has 2 fully saturated rings. The molecule has 3 heterocycles. The fourth-order valence-corrected chi connectivity index (χ4v) is 4.34. The second-order valence-electron chi connectivity index (χ2n) is 8.46. The van der Waals surface area contributed by atoms with Crippen molar-refractivity contribution in [2.75, 3.05) is 19.8 Å². The van der Waals surface area contributed by atoms with E-state index >= 15 is 0 Å². The van der Waals surface area contributed by atoms with Crippen molar-refractivity contribution in [3.05, 3.63) is 77.0 Å². The molecule has 2 saturated heterocycles. The van der Waals surface area contributed by atoms with Crippen LogP contribution in [0, 0.1) is 0 Å². The molecule has 0 saturated carbocycles. The second-order valence-corrected chi connectivity index (χ2v) is 8.46. The number of carbonyl (C=O) groups excluding carboxylic acids is 3. The first-order chi connectivity index (χ1) is 17.7. The van der Waals surface area contributed by atoms with Crippen LogP contribution in [-0.2, 0) is 34.0 Å². The third-order valence-electron chi connectivity index (χ3n) is 6.16. The van der Waals surface area contributed by atoms with Gasteiger partial charge in [0.1, 0.15) is 25.0 Å². The number of rotatable bonds is 6. The van der Waals surface area contributed by atoms with Gasteiger partial charge in [0, 0.05) is 29.9 Å². The Bertz CT molecular complexity index is 1300. The van der Waals surface area contributed by atoms with E-state index in [1.165, 1.54) is 6.07 Å². The van der Waals surface area contributed by atoms with Crippen LogP contribution in [0.2, 0.25) is 0 Å². The van der Waals surface area contributed by atoms with E-state index < -0.39 is 18.4 Å². The minimum atomic E-state index is -2.07. The van der Waals surface area contributed by atoms with Gasteiger partial charge in [0.25, 0.3) is 5.91 Å². The van der Waals surface area contributed by atoms with Crippen LogP contribution in [0.3, 0.4) is 0 Å². The number of nitrogens with one attached hydrogen (secondary N) is 1. The SMILES string of the molecule is [2H]c1cc(C([2H])([2H])N2CCOCC2=O)ccc1COc1cccc2c1CN(C1CCC(=C)NC1=O)C2=O. The number of ether oxygens (including phenoxy) is 2. The van der Waals surface area contributed by atoms with Crippen molar-refractivity contribution >= 4 is 17.7 Å². The zero-order valence-electron chi connectivity index (χ0n) is 21.6. The van der Waals surface area contributed by atoms with Crippen molar-refractivity contribution < 1.29 is 28.0 Å². The highest BCUT2D eigenvalue weighted by molar-refractivity contribution is 6.02. The summed E-state index contributed by atoms with van der Waals surface area (Å²) >= 11 is 0. The lowest BCUT2D eigenvalue weighted by Gasteiger charge is -2.31. The van der Waals surface area contributed by atoms with Crippen LogP contribution in [0.15, 0.2) is 54.7 Å². The third-order valence-corrected chi connectivity index (χ3v) is 6.16. The molecule has 176 valence electrons. The number of piperidine rings is 1. The minimum absolute atomic E-state index is 0.0347. The number of fused-ring (bicyclic) bond motifs is 1. The molecule has 0 radical (unpaired) electrons. The molecule has 3 aliphatic heterocycles. The highest BCUT2D eigenvalue weighted by Crippen LogP contribution is 2.34. The summed E-state index contributed by atoms with van der Waals surface area (Å²) in [5.41, 5.74) is 2.55. The Morgan fingerprint density at radius 1 is 1.21 bits per heavy atom. The average molecular weight is 465 g/mol. The van der Waals surface area contributed by atoms with E-state index in [1.807, 2.05) is 0 Å². The van der Waals surface area contributed by atoms with Crippen LogP contribution in [0.25, 0.3) is 0 Å². The van der Waals surface area contributed by atoms with E-state index in [0.717, 1.165) is 4.90 Å². The van der Waals surface area contributed by atoms with E-state index in [4.69, 9.17) is 13.6 Å². The number of benzene rings is 2. The Kier molecular flexibility index (Phi) is 5.13. The Morgan fingerprint density at radius 2 is 2.06 bits per heavy atom. The van der Waals surface area contributed by atoms with E-state index in [9.17, 15) is 14.4 Å². The molecule has 34 heavy (non-hydrogen) atoms. The number of hydrogen-bond acceptors (Lipinski definition) is 5. The molecule has 0 aromatic heterocycles. The van der Waals surface area contributed by atoms with Gasteiger partial charge in [-0.3, -0.25) is 14.4 Å². The molecule has 8 heteroatoms. The predicted octanol–water partition coefficient (Wildman–Crippen LogP) is 2.37. The van der Waals surface area contributed by atoms with Gasteiger partial charge in [-0.05, 0) is 36.1 Å². The summed E-state index contributed by atoms with van der Waals surface area (Å²) in [6, 6.07) is 9.25. The Morgan fingerprint density at radius 3 is 2.85 bits per heavy atom. The van der Waals surface area contributed by atoms with E-state index in [2.05, 4.69) is 11.9 Å². The molecule has 2 aromatic carbocycles. The lowest BCUT2D eigenvalue weighted by molar-refractivity contribution is -0.143. The summed E-state index contributed by atoms with van der Waals surface area (Å²) in [4.78, 5) is 40.3. The van der Waals surface area contributed by atoms with Gasteiger partial charge >= 0.3 is 0 Å². The number of amides is 3. The number of hydrogen-bond donors (Lipinski definition) is 1. The van der Waals surface area contributed by atoms with Crippen LogP contribution < -0.4 is 10.1 Å². The van der Waals surface area contributed by atoms with Crippen LogP contribution in [0.4, 0.5) is 0 Å². The monoisotopic (exact) mass is 464 g/mol. The summed E-state index contributed by atoms with van der Waals surface area (Å²) < 4.78 is 36.4. The summed E-state index contributed by atoms with van der Waals surface area (Å²) in [6.07, 6.45) is 1.12. The van der Waals surface area contributed by atoms with Crippen molar-refractivity contribution in [1.29, 1.82) is 0 Å². The van der Waals surface area contributed by atoms with Crippen molar-refractivity contribution in [1.82, 2.24) is 15.1 Å². The molecule has 1 N–H and O–H groups in total. The number of nitrogens with zero attached hydrogens (tertiary/aromatic N) is 2. The summed E-state index contributed by atoms with van der Waals surface area (Å²) in [5.74, 6) is -0.407. The van der Waals surface area contributed by atoms with Gasteiger partial charge in [-0.2, -0.15) is 0 Å². The lowest BCUT2D eigenvalue weighted by atomic mass is 10.0. The van der Waals surface area contributed by atoms with Crippen LogP contribution in [0.1, 0.15) is 44.0 Å². The number of carbonyl (C=O) groups is 3. The predicted molar refractivity (Wildman–Crippen MR) is 124 cm³/mol. The standard InChI is InChI=1S/C26H27N3O5/c1-17-5-10-22(25(31)27-17)29-14-21-20(26(29)32)3-2-4-23(21)34-15-19-8-6-18(7-9-19)13-28-11-12-33-16-24(28)30/h2-4,6-9,22H,1,5,10-16H2,(H,27,31)/i8D,13D2. The van der Waals surface area contributed by atoms with Crippen LogP contribution in [-0.4, -0.2) is 53.3 Å². The minimum Gasteiger partial charge on any atom is -0.489 e. The molecule has 8 nitrogen and oxygen atoms in total. The molecule has 0 spiro atoms. The Balaban J connectivity index is 1.30. The van der Waals surface area contributed by atoms with Crippen molar-refractivity contribution in [2.24, 2.45) is 0 Å². The van der Waals surface area contributed by atoms with Crippen molar-refractivity contribution in [3.63, 3.8) is 0 Å². The normalized spacial score (nSPS) is 22.1. The van der Waals surface area contributed by atoms with Crippen molar-refractivity contribution in [3.8, 4) is 5.75 Å². The number of morpholine rings is 1. The quantitative estimate of drug-likeness (QED) is 0.709. The zero-order valence-corrected chi connectivity index (χ0v) is 18.6. The van der Waals surface area contributed by atoms with Gasteiger partial charge in [0.15, 0.2) is 0 Å². The molecular weight excluding hydrogens is 434 g/mol. The van der Waals surface area contributed by atoms with Crippen molar-refractivity contribution in [2.45, 2.75) is 38.5 Å². The lowest BCUT2D eigenvalue weighted by Crippen LogP contribution is -2.49. The first-order valence-electron chi connectivity index (χ1n) is 12.7. The molecule has 1 unspecified atom stereocenters. The maximum atomic E-state index is 13.1. The summed E-state index contributed by atoms with van der Waals surface area (Å²) in [5, 5.41) is 2.73. The zero-order chi connectivity index (χ0) is 26.3. The van der Waals surface area contributed by atoms with Crippen LogP contribution in [0.5, 0.6) is 5.75 Å². The summed E-state index contributed by atoms with van der Waals surface area (Å²) in [6.45, 7) is 2.23. The highest BCUT2D eigenvalue weighted by Gasteiger charge is 2.39. The second kappa shape index (κ2) is 9.30. The Labute approximate surface area is 202 Å². The summed E-state index contributed by atoms with van der Waals surface area (Å²) in [7, 11) is 0. The van der Waals surface area contributed by atoms with E-state index in [-0.39, 0.29) is 56.3 Å². The fourth-order valence-electron chi connectivity index (χ4n) is 4.34. The first-order valence-corrected chi connectivity index (χ1v) is 11.2. The van der Waals surface area contributed by atoms with Gasteiger partial charge in [-0.25, -0.2) is 0 Å². The molecule has 2 aromatic rings. The largest absolute Gasteiger partial charge is 0.489 e. The van der Waals surface area contributed by atoms with Gasteiger partial charge in [0.2, 0.25) is 11.8 Å². The average Bonchev–Trinajstić information content (AvgIpc) is 3.20. The topological polar surface area (TPSA) is 88.2 Å². The molecule has 1 atom stereocenters. The van der Waals surface area contributed by atoms with Gasteiger partial charge in [0.05, 0.1) is 17.3 Å². The molecule has 3 aliphatic rings. The van der Waals surface area contributed by atoms with Gasteiger partial charge in [-0.1, -0.05) is 36.9 Å². The molecule has 5 rings (SSSR count).